The quantitative estimate of drug-likeness (QED) is 0.783. The number of hydrogen-bond acceptors (Lipinski definition) is 2. The van der Waals surface area contributed by atoms with Gasteiger partial charge in [-0.1, -0.05) is 57.4 Å². The average molecular weight is 329 g/mol. The van der Waals surface area contributed by atoms with Crippen molar-refractivity contribution in [3.63, 3.8) is 0 Å². The fourth-order valence-corrected chi connectivity index (χ4v) is 3.86. The van der Waals surface area contributed by atoms with Crippen LogP contribution in [0.25, 0.3) is 0 Å². The monoisotopic (exact) mass is 328 g/mol. The van der Waals surface area contributed by atoms with Gasteiger partial charge in [0, 0.05) is 12.1 Å². The van der Waals surface area contributed by atoms with Gasteiger partial charge in [-0.15, -0.1) is 0 Å². The summed E-state index contributed by atoms with van der Waals surface area (Å²) in [6.07, 6.45) is 9.11. The Morgan fingerprint density at radius 3 is 2.29 bits per heavy atom. The number of hydrogen-bond donors (Lipinski definition) is 2. The van der Waals surface area contributed by atoms with Crippen LogP contribution in [0.15, 0.2) is 24.3 Å². The molecule has 0 aliphatic heterocycles. The normalized spacial score (nSPS) is 20.1. The van der Waals surface area contributed by atoms with Gasteiger partial charge in [0.2, 0.25) is 5.91 Å². The zero-order valence-electron chi connectivity index (χ0n) is 15.2. The molecule has 0 bridgehead atoms. The van der Waals surface area contributed by atoms with E-state index in [1.807, 2.05) is 0 Å². The highest BCUT2D eigenvalue weighted by Gasteiger charge is 2.24. The van der Waals surface area contributed by atoms with E-state index in [1.54, 1.807) is 0 Å². The molecule has 0 aromatic heterocycles. The van der Waals surface area contributed by atoms with Crippen LogP contribution in [0.1, 0.15) is 81.9 Å². The molecule has 2 aliphatic rings. The molecule has 2 aliphatic carbocycles. The lowest BCUT2D eigenvalue weighted by molar-refractivity contribution is -0.120. The third kappa shape index (κ3) is 4.83. The molecule has 1 aromatic rings. The SMILES string of the molecule is CC(C)C(NCC(=O)NC1CC1)c1ccc(C2CCCCC2)cc1. The van der Waals surface area contributed by atoms with Crippen molar-refractivity contribution in [2.75, 3.05) is 6.54 Å². The predicted molar refractivity (Wildman–Crippen MR) is 99.0 cm³/mol. The maximum absolute atomic E-state index is 11.9. The summed E-state index contributed by atoms with van der Waals surface area (Å²) < 4.78 is 0. The Morgan fingerprint density at radius 2 is 1.71 bits per heavy atom. The van der Waals surface area contributed by atoms with Crippen molar-refractivity contribution in [3.8, 4) is 0 Å². The molecule has 1 aromatic carbocycles. The van der Waals surface area contributed by atoms with Crippen molar-refractivity contribution in [1.29, 1.82) is 0 Å². The summed E-state index contributed by atoms with van der Waals surface area (Å²) in [5.41, 5.74) is 2.79. The Morgan fingerprint density at radius 1 is 1.04 bits per heavy atom. The van der Waals surface area contributed by atoms with Crippen LogP contribution in [0, 0.1) is 5.92 Å². The van der Waals surface area contributed by atoms with Crippen molar-refractivity contribution in [2.24, 2.45) is 5.92 Å². The summed E-state index contributed by atoms with van der Waals surface area (Å²) in [6, 6.07) is 9.82. The number of benzene rings is 1. The minimum absolute atomic E-state index is 0.127. The lowest BCUT2D eigenvalue weighted by Crippen LogP contribution is -2.38. The highest BCUT2D eigenvalue weighted by atomic mass is 16.2. The van der Waals surface area contributed by atoms with Gasteiger partial charge in [-0.05, 0) is 48.6 Å². The van der Waals surface area contributed by atoms with E-state index in [-0.39, 0.29) is 11.9 Å². The van der Waals surface area contributed by atoms with Crippen LogP contribution < -0.4 is 10.6 Å². The van der Waals surface area contributed by atoms with Gasteiger partial charge >= 0.3 is 0 Å². The third-order valence-corrected chi connectivity index (χ3v) is 5.46. The molecule has 1 atom stereocenters. The van der Waals surface area contributed by atoms with Gasteiger partial charge < -0.3 is 10.6 Å². The summed E-state index contributed by atoms with van der Waals surface area (Å²) in [5.74, 6) is 1.34. The Kier molecular flexibility index (Phi) is 5.94. The first-order valence-corrected chi connectivity index (χ1v) is 9.76. The van der Waals surface area contributed by atoms with Gasteiger partial charge in [-0.3, -0.25) is 4.79 Å². The van der Waals surface area contributed by atoms with Crippen LogP contribution in [0.4, 0.5) is 0 Å². The van der Waals surface area contributed by atoms with Crippen LogP contribution in [-0.2, 0) is 4.79 Å². The first kappa shape index (κ1) is 17.5. The Balaban J connectivity index is 1.58. The smallest absolute Gasteiger partial charge is 0.234 e. The van der Waals surface area contributed by atoms with Crippen LogP contribution >= 0.6 is 0 Å². The second-order valence-corrected chi connectivity index (χ2v) is 7.95. The van der Waals surface area contributed by atoms with E-state index in [0.717, 1.165) is 18.8 Å². The fourth-order valence-electron chi connectivity index (χ4n) is 3.86. The minimum Gasteiger partial charge on any atom is -0.352 e. The van der Waals surface area contributed by atoms with Gasteiger partial charge in [-0.25, -0.2) is 0 Å². The molecule has 2 N–H and O–H groups in total. The molecular formula is C21H32N2O. The molecule has 0 spiro atoms. The first-order valence-electron chi connectivity index (χ1n) is 9.76. The minimum atomic E-state index is 0.127. The Bertz CT molecular complexity index is 527. The molecule has 2 fully saturated rings. The lowest BCUT2D eigenvalue weighted by atomic mass is 9.83. The van der Waals surface area contributed by atoms with Crippen LogP contribution in [0.3, 0.4) is 0 Å². The van der Waals surface area contributed by atoms with Gasteiger partial charge in [-0.2, -0.15) is 0 Å². The van der Waals surface area contributed by atoms with E-state index in [9.17, 15) is 4.79 Å². The molecule has 3 nitrogen and oxygen atoms in total. The largest absolute Gasteiger partial charge is 0.352 e. The van der Waals surface area contributed by atoms with Crippen molar-refractivity contribution < 1.29 is 4.79 Å². The Hall–Kier alpha value is -1.35. The van der Waals surface area contributed by atoms with Crippen LogP contribution in [-0.4, -0.2) is 18.5 Å². The van der Waals surface area contributed by atoms with E-state index in [1.165, 1.54) is 43.2 Å². The van der Waals surface area contributed by atoms with E-state index in [2.05, 4.69) is 48.7 Å². The molecule has 24 heavy (non-hydrogen) atoms. The number of rotatable bonds is 7. The second kappa shape index (κ2) is 8.15. The van der Waals surface area contributed by atoms with Crippen LogP contribution in [0.2, 0.25) is 0 Å². The molecule has 3 rings (SSSR count). The summed E-state index contributed by atoms with van der Waals surface area (Å²) in [4.78, 5) is 11.9. The number of carbonyl (C=O) groups excluding carboxylic acids is 1. The number of nitrogens with one attached hydrogen (secondary N) is 2. The topological polar surface area (TPSA) is 41.1 Å². The van der Waals surface area contributed by atoms with Crippen LogP contribution in [0.5, 0.6) is 0 Å². The highest BCUT2D eigenvalue weighted by Crippen LogP contribution is 2.33. The molecule has 2 saturated carbocycles. The third-order valence-electron chi connectivity index (χ3n) is 5.46. The van der Waals surface area contributed by atoms with E-state index in [4.69, 9.17) is 0 Å². The summed E-state index contributed by atoms with van der Waals surface area (Å²) in [5, 5.41) is 6.51. The summed E-state index contributed by atoms with van der Waals surface area (Å²) in [7, 11) is 0. The standard InChI is InChI=1S/C21H32N2O/c1-15(2)21(22-14-20(24)23-19-12-13-19)18-10-8-17(9-11-18)16-6-4-3-5-7-16/h8-11,15-16,19,21-22H,3-7,12-14H2,1-2H3,(H,23,24). The summed E-state index contributed by atoms with van der Waals surface area (Å²) >= 11 is 0. The fraction of sp³-hybridized carbons (Fsp3) is 0.667. The Labute approximate surface area is 146 Å². The maximum atomic E-state index is 11.9. The zero-order chi connectivity index (χ0) is 16.9. The molecule has 3 heteroatoms. The van der Waals surface area contributed by atoms with Crippen molar-refractivity contribution >= 4 is 5.91 Å². The van der Waals surface area contributed by atoms with E-state index < -0.39 is 0 Å². The molecule has 0 radical (unpaired) electrons. The van der Waals surface area contributed by atoms with Gasteiger partial charge in [0.25, 0.3) is 0 Å². The van der Waals surface area contributed by atoms with Gasteiger partial charge in [0.1, 0.15) is 0 Å². The van der Waals surface area contributed by atoms with E-state index in [0.29, 0.717) is 18.5 Å². The number of amides is 1. The maximum Gasteiger partial charge on any atom is 0.234 e. The summed E-state index contributed by atoms with van der Waals surface area (Å²) in [6.45, 7) is 4.83. The molecule has 1 amide bonds. The van der Waals surface area contributed by atoms with E-state index >= 15 is 0 Å². The zero-order valence-corrected chi connectivity index (χ0v) is 15.2. The number of carbonyl (C=O) groups is 1. The molecule has 132 valence electrons. The lowest BCUT2D eigenvalue weighted by Gasteiger charge is -2.25. The van der Waals surface area contributed by atoms with Gasteiger partial charge in [0.05, 0.1) is 6.54 Å². The van der Waals surface area contributed by atoms with Crippen molar-refractivity contribution in [3.05, 3.63) is 35.4 Å². The first-order chi connectivity index (χ1) is 11.6. The van der Waals surface area contributed by atoms with Crippen molar-refractivity contribution in [2.45, 2.75) is 76.8 Å². The molecule has 1 unspecified atom stereocenters. The second-order valence-electron chi connectivity index (χ2n) is 7.95. The molecule has 0 heterocycles. The molecule has 0 saturated heterocycles. The highest BCUT2D eigenvalue weighted by molar-refractivity contribution is 5.78. The van der Waals surface area contributed by atoms with Gasteiger partial charge in [0.15, 0.2) is 0 Å². The average Bonchev–Trinajstić information content (AvgIpc) is 3.40. The van der Waals surface area contributed by atoms with Crippen molar-refractivity contribution in [1.82, 2.24) is 10.6 Å². The predicted octanol–water partition coefficient (Wildman–Crippen LogP) is 4.30. The molecular weight excluding hydrogens is 296 g/mol.